The predicted octanol–water partition coefficient (Wildman–Crippen LogP) is 3.22. The maximum Gasteiger partial charge on any atom is 0.322 e. The van der Waals surface area contributed by atoms with Crippen molar-refractivity contribution in [2.45, 2.75) is 4.90 Å². The zero-order valence-electron chi connectivity index (χ0n) is 12.2. The van der Waals surface area contributed by atoms with Crippen LogP contribution in [0.5, 0.6) is 0 Å². The second-order valence-electron chi connectivity index (χ2n) is 4.77. The lowest BCUT2D eigenvalue weighted by Crippen LogP contribution is -2.10. The summed E-state index contributed by atoms with van der Waals surface area (Å²) in [5, 5.41) is 10.1. The van der Waals surface area contributed by atoms with Crippen LogP contribution in [0.1, 0.15) is 9.67 Å². The fraction of sp³-hybridized carbons (Fsp3) is 0.0714. The van der Waals surface area contributed by atoms with E-state index in [-0.39, 0.29) is 22.7 Å². The van der Waals surface area contributed by atoms with Crippen molar-refractivity contribution < 1.29 is 17.6 Å². The van der Waals surface area contributed by atoms with Crippen molar-refractivity contribution in [1.82, 2.24) is 10.2 Å². The van der Waals surface area contributed by atoms with Gasteiger partial charge in [0.05, 0.1) is 13.6 Å². The van der Waals surface area contributed by atoms with Gasteiger partial charge in [-0.2, -0.15) is 0 Å². The molecule has 7 nitrogen and oxygen atoms in total. The number of carbonyl (C=O) groups excluding carboxylic acids is 1. The molecular weight excluding hydrogens is 418 g/mol. The van der Waals surface area contributed by atoms with Gasteiger partial charge < -0.3 is 4.42 Å². The minimum absolute atomic E-state index is 0.0655. The Labute approximate surface area is 149 Å². The summed E-state index contributed by atoms with van der Waals surface area (Å²) < 4.78 is 29.4. The monoisotopic (exact) mass is 427 g/mol. The van der Waals surface area contributed by atoms with Crippen molar-refractivity contribution in [1.29, 1.82) is 0 Å². The first-order chi connectivity index (χ1) is 11.3. The number of amides is 1. The lowest BCUT2D eigenvalue weighted by molar-refractivity contribution is 0.102. The molecule has 3 aromatic rings. The Morgan fingerprint density at radius 3 is 2.71 bits per heavy atom. The summed E-state index contributed by atoms with van der Waals surface area (Å²) in [5.41, 5.74) is 0.449. The van der Waals surface area contributed by atoms with Crippen LogP contribution in [0.2, 0.25) is 0 Å². The average Bonchev–Trinajstić information content (AvgIpc) is 3.16. The summed E-state index contributed by atoms with van der Waals surface area (Å²) in [6, 6.07) is 9.50. The molecule has 2 heterocycles. The molecule has 1 amide bonds. The van der Waals surface area contributed by atoms with Gasteiger partial charge in [-0.15, -0.1) is 16.4 Å². The van der Waals surface area contributed by atoms with Crippen molar-refractivity contribution in [2.75, 3.05) is 11.6 Å². The summed E-state index contributed by atoms with van der Waals surface area (Å²) in [6.07, 6.45) is 1.12. The Morgan fingerprint density at radius 2 is 2.04 bits per heavy atom. The van der Waals surface area contributed by atoms with Crippen LogP contribution in [0.4, 0.5) is 6.01 Å². The molecule has 24 heavy (non-hydrogen) atoms. The smallest absolute Gasteiger partial charge is 0.322 e. The Hall–Kier alpha value is -2.04. The highest BCUT2D eigenvalue weighted by Gasteiger charge is 2.15. The third-order valence-corrected chi connectivity index (χ3v) is 5.68. The highest BCUT2D eigenvalue weighted by atomic mass is 79.9. The highest BCUT2D eigenvalue weighted by Crippen LogP contribution is 2.25. The van der Waals surface area contributed by atoms with E-state index in [1.54, 1.807) is 24.3 Å². The Kier molecular flexibility index (Phi) is 4.52. The zero-order chi connectivity index (χ0) is 17.3. The molecule has 2 aromatic heterocycles. The standard InChI is InChI=1S/C14H10BrN3O4S2/c1-24(20,21)9-4-2-3-8(7-9)13-17-18-14(22-13)16-12(19)10-5-6-11(15)23-10/h2-7H,1H3,(H,16,18,19). The minimum Gasteiger partial charge on any atom is -0.403 e. The molecule has 0 unspecified atom stereocenters. The van der Waals surface area contributed by atoms with Gasteiger partial charge in [0.25, 0.3) is 5.91 Å². The molecule has 0 atom stereocenters. The molecule has 1 N–H and O–H groups in total. The summed E-state index contributed by atoms with van der Waals surface area (Å²) in [7, 11) is -3.34. The van der Waals surface area contributed by atoms with Gasteiger partial charge in [0.2, 0.25) is 5.89 Å². The molecular formula is C14H10BrN3O4S2. The van der Waals surface area contributed by atoms with E-state index in [1.165, 1.54) is 23.5 Å². The van der Waals surface area contributed by atoms with Crippen LogP contribution in [0.15, 0.2) is 49.5 Å². The van der Waals surface area contributed by atoms with E-state index >= 15 is 0 Å². The Morgan fingerprint density at radius 1 is 1.25 bits per heavy atom. The molecule has 0 fully saturated rings. The number of thiophene rings is 1. The number of halogens is 1. The van der Waals surface area contributed by atoms with Gasteiger partial charge in [-0.05, 0) is 46.3 Å². The molecule has 10 heteroatoms. The van der Waals surface area contributed by atoms with Crippen LogP contribution in [0, 0.1) is 0 Å². The second-order valence-corrected chi connectivity index (χ2v) is 9.25. The van der Waals surface area contributed by atoms with Crippen LogP contribution in [0.3, 0.4) is 0 Å². The van der Waals surface area contributed by atoms with Gasteiger partial charge >= 0.3 is 6.01 Å². The quantitative estimate of drug-likeness (QED) is 0.685. The zero-order valence-corrected chi connectivity index (χ0v) is 15.4. The van der Waals surface area contributed by atoms with E-state index < -0.39 is 9.84 Å². The van der Waals surface area contributed by atoms with Crippen molar-refractivity contribution in [3.63, 3.8) is 0 Å². The fourth-order valence-corrected chi connectivity index (χ4v) is 3.79. The highest BCUT2D eigenvalue weighted by molar-refractivity contribution is 9.11. The SMILES string of the molecule is CS(=O)(=O)c1cccc(-c2nnc(NC(=O)c3ccc(Br)s3)o2)c1. The van der Waals surface area contributed by atoms with Crippen molar-refractivity contribution >= 4 is 49.0 Å². The average molecular weight is 428 g/mol. The van der Waals surface area contributed by atoms with Crippen molar-refractivity contribution in [3.8, 4) is 11.5 Å². The maximum atomic E-state index is 12.0. The molecule has 0 saturated carbocycles. The summed E-state index contributed by atoms with van der Waals surface area (Å²) in [6.45, 7) is 0. The number of benzene rings is 1. The van der Waals surface area contributed by atoms with Gasteiger partial charge in [0.1, 0.15) is 0 Å². The number of anilines is 1. The number of aromatic nitrogens is 2. The first kappa shape index (κ1) is 16.8. The Balaban J connectivity index is 1.82. The largest absolute Gasteiger partial charge is 0.403 e. The minimum atomic E-state index is -3.34. The molecule has 124 valence electrons. The number of hydrogen-bond acceptors (Lipinski definition) is 7. The number of nitrogens with zero attached hydrogens (tertiary/aromatic N) is 2. The molecule has 0 aliphatic carbocycles. The number of sulfone groups is 1. The summed E-state index contributed by atoms with van der Waals surface area (Å²) in [5.74, 6) is -0.256. The van der Waals surface area contributed by atoms with Gasteiger partial charge in [-0.25, -0.2) is 8.42 Å². The summed E-state index contributed by atoms with van der Waals surface area (Å²) in [4.78, 5) is 12.7. The van der Waals surface area contributed by atoms with E-state index in [2.05, 4.69) is 31.4 Å². The van der Waals surface area contributed by atoms with Gasteiger partial charge in [-0.1, -0.05) is 11.2 Å². The van der Waals surface area contributed by atoms with E-state index in [0.29, 0.717) is 10.4 Å². The van der Waals surface area contributed by atoms with Crippen molar-refractivity contribution in [2.24, 2.45) is 0 Å². The third-order valence-electron chi connectivity index (χ3n) is 2.95. The van der Waals surface area contributed by atoms with E-state index in [0.717, 1.165) is 10.0 Å². The van der Waals surface area contributed by atoms with Crippen LogP contribution >= 0.6 is 27.3 Å². The van der Waals surface area contributed by atoms with E-state index in [4.69, 9.17) is 4.42 Å². The molecule has 0 aliphatic heterocycles. The van der Waals surface area contributed by atoms with Crippen LogP contribution in [0.25, 0.3) is 11.5 Å². The van der Waals surface area contributed by atoms with Crippen molar-refractivity contribution in [3.05, 3.63) is 45.1 Å². The van der Waals surface area contributed by atoms with Crippen LogP contribution < -0.4 is 5.32 Å². The molecule has 0 bridgehead atoms. The second kappa shape index (κ2) is 6.46. The van der Waals surface area contributed by atoms with E-state index in [1.807, 2.05) is 0 Å². The first-order valence-corrected chi connectivity index (χ1v) is 10.0. The topological polar surface area (TPSA) is 102 Å². The lowest BCUT2D eigenvalue weighted by Gasteiger charge is -2.00. The number of rotatable bonds is 4. The number of hydrogen-bond donors (Lipinski definition) is 1. The fourth-order valence-electron chi connectivity index (χ4n) is 1.85. The summed E-state index contributed by atoms with van der Waals surface area (Å²) >= 11 is 4.55. The molecule has 1 aromatic carbocycles. The molecule has 0 spiro atoms. The van der Waals surface area contributed by atoms with Gasteiger partial charge in [0.15, 0.2) is 9.84 Å². The Bertz CT molecular complexity index is 1010. The normalized spacial score (nSPS) is 11.4. The van der Waals surface area contributed by atoms with Gasteiger partial charge in [-0.3, -0.25) is 10.1 Å². The molecule has 0 aliphatic rings. The number of nitrogens with one attached hydrogen (secondary N) is 1. The molecule has 0 radical (unpaired) electrons. The van der Waals surface area contributed by atoms with Gasteiger partial charge in [0, 0.05) is 11.8 Å². The number of carbonyl (C=O) groups is 1. The third kappa shape index (κ3) is 3.71. The predicted molar refractivity (Wildman–Crippen MR) is 92.8 cm³/mol. The molecule has 3 rings (SSSR count). The maximum absolute atomic E-state index is 12.0. The van der Waals surface area contributed by atoms with Crippen LogP contribution in [-0.2, 0) is 9.84 Å². The van der Waals surface area contributed by atoms with Crippen LogP contribution in [-0.4, -0.2) is 30.8 Å². The molecule has 0 saturated heterocycles. The lowest BCUT2D eigenvalue weighted by atomic mass is 10.2. The van der Waals surface area contributed by atoms with E-state index in [9.17, 15) is 13.2 Å². The first-order valence-electron chi connectivity index (χ1n) is 6.53.